The largest absolute Gasteiger partial charge is 0.344 e. The van der Waals surface area contributed by atoms with Crippen molar-refractivity contribution in [3.05, 3.63) is 0 Å². The number of carbonyl (C=O) groups is 1. The summed E-state index contributed by atoms with van der Waals surface area (Å²) in [6.07, 6.45) is 2.05. The minimum absolute atomic E-state index is 0.574. The van der Waals surface area contributed by atoms with Crippen LogP contribution in [0.1, 0.15) is 34.1 Å². The quantitative estimate of drug-likeness (QED) is 0.638. The van der Waals surface area contributed by atoms with Gasteiger partial charge < -0.3 is 9.80 Å². The SMILES string of the molecule is CC.CC.CN(C)C1CCN(C=O)C1. The van der Waals surface area contributed by atoms with Gasteiger partial charge in [-0.2, -0.15) is 0 Å². The molecule has 0 aromatic rings. The Labute approximate surface area is 89.1 Å². The number of amides is 1. The average molecular weight is 202 g/mol. The molecule has 0 N–H and O–H groups in total. The second-order valence-electron chi connectivity index (χ2n) is 3.01. The lowest BCUT2D eigenvalue weighted by molar-refractivity contribution is -0.117. The molecule has 1 aliphatic rings. The van der Waals surface area contributed by atoms with E-state index in [1.807, 2.05) is 32.6 Å². The van der Waals surface area contributed by atoms with E-state index in [-0.39, 0.29) is 0 Å². The van der Waals surface area contributed by atoms with Crippen LogP contribution in [0, 0.1) is 0 Å². The van der Waals surface area contributed by atoms with E-state index in [1.54, 1.807) is 0 Å². The number of hydrogen-bond acceptors (Lipinski definition) is 2. The van der Waals surface area contributed by atoms with Crippen molar-refractivity contribution in [3.63, 3.8) is 0 Å². The van der Waals surface area contributed by atoms with E-state index in [4.69, 9.17) is 0 Å². The van der Waals surface area contributed by atoms with Crippen molar-refractivity contribution in [2.75, 3.05) is 27.2 Å². The molecular weight excluding hydrogens is 176 g/mol. The maximum Gasteiger partial charge on any atom is 0.209 e. The molecule has 0 radical (unpaired) electrons. The molecule has 1 atom stereocenters. The van der Waals surface area contributed by atoms with Gasteiger partial charge in [-0.25, -0.2) is 0 Å². The molecule has 0 spiro atoms. The zero-order chi connectivity index (χ0) is 11.6. The van der Waals surface area contributed by atoms with Gasteiger partial charge in [0.05, 0.1) is 0 Å². The Balaban J connectivity index is 0. The van der Waals surface area contributed by atoms with Crippen molar-refractivity contribution < 1.29 is 4.79 Å². The molecule has 0 aromatic heterocycles. The Bertz CT molecular complexity index is 126. The highest BCUT2D eigenvalue weighted by Crippen LogP contribution is 2.10. The van der Waals surface area contributed by atoms with Crippen molar-refractivity contribution in [3.8, 4) is 0 Å². The number of carbonyl (C=O) groups excluding carboxylic acids is 1. The summed E-state index contributed by atoms with van der Waals surface area (Å²) < 4.78 is 0. The fraction of sp³-hybridized carbons (Fsp3) is 0.909. The first-order valence-electron chi connectivity index (χ1n) is 5.60. The van der Waals surface area contributed by atoms with E-state index in [0.717, 1.165) is 25.9 Å². The van der Waals surface area contributed by atoms with Crippen molar-refractivity contribution in [2.45, 2.75) is 40.2 Å². The molecule has 1 saturated heterocycles. The van der Waals surface area contributed by atoms with E-state index in [0.29, 0.717) is 6.04 Å². The third-order valence-corrected chi connectivity index (χ3v) is 2.07. The predicted molar refractivity (Wildman–Crippen MR) is 62.4 cm³/mol. The van der Waals surface area contributed by atoms with Crippen LogP contribution in [-0.4, -0.2) is 49.4 Å². The summed E-state index contributed by atoms with van der Waals surface area (Å²) in [5.41, 5.74) is 0. The van der Waals surface area contributed by atoms with E-state index in [1.165, 1.54) is 0 Å². The second kappa shape index (κ2) is 10.5. The van der Waals surface area contributed by atoms with Crippen LogP contribution in [0.5, 0.6) is 0 Å². The fourth-order valence-electron chi connectivity index (χ4n) is 1.29. The maximum absolute atomic E-state index is 10.3. The molecular formula is C11H26N2O. The van der Waals surface area contributed by atoms with Crippen LogP contribution in [0.3, 0.4) is 0 Å². The first kappa shape index (κ1) is 15.9. The van der Waals surface area contributed by atoms with Crippen molar-refractivity contribution in [2.24, 2.45) is 0 Å². The van der Waals surface area contributed by atoms with Crippen molar-refractivity contribution in [1.29, 1.82) is 0 Å². The lowest BCUT2D eigenvalue weighted by atomic mass is 10.2. The highest BCUT2D eigenvalue weighted by molar-refractivity contribution is 5.47. The summed E-state index contributed by atoms with van der Waals surface area (Å²) in [6, 6.07) is 0.574. The third kappa shape index (κ3) is 5.97. The van der Waals surface area contributed by atoms with Gasteiger partial charge in [0, 0.05) is 19.1 Å². The molecule has 3 heteroatoms. The molecule has 1 aliphatic heterocycles. The number of likely N-dealkylation sites (tertiary alicyclic amines) is 1. The van der Waals surface area contributed by atoms with Crippen LogP contribution in [0.15, 0.2) is 0 Å². The second-order valence-corrected chi connectivity index (χ2v) is 3.01. The molecule has 0 aromatic carbocycles. The Hall–Kier alpha value is -0.570. The summed E-state index contributed by atoms with van der Waals surface area (Å²) in [5.74, 6) is 0. The maximum atomic E-state index is 10.3. The van der Waals surface area contributed by atoms with Crippen LogP contribution in [-0.2, 0) is 4.79 Å². The molecule has 14 heavy (non-hydrogen) atoms. The molecule has 1 unspecified atom stereocenters. The molecule has 1 heterocycles. The monoisotopic (exact) mass is 202 g/mol. The van der Waals surface area contributed by atoms with Gasteiger partial charge in [0.25, 0.3) is 0 Å². The first-order chi connectivity index (χ1) is 6.74. The van der Waals surface area contributed by atoms with Crippen molar-refractivity contribution >= 4 is 6.41 Å². The van der Waals surface area contributed by atoms with Crippen molar-refractivity contribution in [1.82, 2.24) is 9.80 Å². The number of hydrogen-bond donors (Lipinski definition) is 0. The minimum atomic E-state index is 0.574. The molecule has 0 saturated carbocycles. The molecule has 0 bridgehead atoms. The minimum Gasteiger partial charge on any atom is -0.344 e. The van der Waals surface area contributed by atoms with Crippen LogP contribution < -0.4 is 0 Å². The summed E-state index contributed by atoms with van der Waals surface area (Å²) in [4.78, 5) is 14.3. The summed E-state index contributed by atoms with van der Waals surface area (Å²) in [5, 5.41) is 0. The number of rotatable bonds is 2. The van der Waals surface area contributed by atoms with Crippen LogP contribution in [0.25, 0.3) is 0 Å². The van der Waals surface area contributed by atoms with E-state index in [2.05, 4.69) is 19.0 Å². The Morgan fingerprint density at radius 1 is 1.21 bits per heavy atom. The Morgan fingerprint density at radius 2 is 1.71 bits per heavy atom. The smallest absolute Gasteiger partial charge is 0.209 e. The highest BCUT2D eigenvalue weighted by Gasteiger charge is 2.21. The topological polar surface area (TPSA) is 23.6 Å². The Morgan fingerprint density at radius 3 is 1.93 bits per heavy atom. The van der Waals surface area contributed by atoms with Gasteiger partial charge in [-0.05, 0) is 20.5 Å². The fourth-order valence-corrected chi connectivity index (χ4v) is 1.29. The number of likely N-dealkylation sites (N-methyl/N-ethyl adjacent to an activating group) is 1. The Kier molecular flexibility index (Phi) is 11.9. The van der Waals surface area contributed by atoms with Crippen LogP contribution in [0.2, 0.25) is 0 Å². The van der Waals surface area contributed by atoms with Gasteiger partial charge in [0.1, 0.15) is 0 Å². The molecule has 0 aliphatic carbocycles. The third-order valence-electron chi connectivity index (χ3n) is 2.07. The van der Waals surface area contributed by atoms with Gasteiger partial charge in [-0.1, -0.05) is 27.7 Å². The van der Waals surface area contributed by atoms with Crippen LogP contribution >= 0.6 is 0 Å². The molecule has 3 nitrogen and oxygen atoms in total. The standard InChI is InChI=1S/C7H14N2O.2C2H6/c1-8(2)7-3-4-9(5-7)6-10;2*1-2/h6-7H,3-5H2,1-2H3;2*1-2H3. The number of nitrogens with zero attached hydrogens (tertiary/aromatic N) is 2. The normalized spacial score (nSPS) is 19.4. The summed E-state index contributed by atoms with van der Waals surface area (Å²) in [7, 11) is 4.11. The zero-order valence-corrected chi connectivity index (χ0v) is 10.6. The first-order valence-corrected chi connectivity index (χ1v) is 5.60. The van der Waals surface area contributed by atoms with Crippen LogP contribution in [0.4, 0.5) is 0 Å². The lowest BCUT2D eigenvalue weighted by Crippen LogP contribution is -2.30. The van der Waals surface area contributed by atoms with Gasteiger partial charge >= 0.3 is 0 Å². The lowest BCUT2D eigenvalue weighted by Gasteiger charge is -2.17. The summed E-state index contributed by atoms with van der Waals surface area (Å²) in [6.45, 7) is 9.82. The van der Waals surface area contributed by atoms with Gasteiger partial charge in [0.15, 0.2) is 0 Å². The average Bonchev–Trinajstić information content (AvgIpc) is 2.72. The zero-order valence-electron chi connectivity index (χ0n) is 10.6. The predicted octanol–water partition coefficient (Wildman–Crippen LogP) is 1.83. The van der Waals surface area contributed by atoms with Gasteiger partial charge in [0.2, 0.25) is 6.41 Å². The molecule has 1 rings (SSSR count). The van der Waals surface area contributed by atoms with E-state index >= 15 is 0 Å². The molecule has 1 amide bonds. The molecule has 1 fully saturated rings. The van der Waals surface area contributed by atoms with E-state index < -0.39 is 0 Å². The van der Waals surface area contributed by atoms with Gasteiger partial charge in [-0.3, -0.25) is 4.79 Å². The molecule has 86 valence electrons. The van der Waals surface area contributed by atoms with E-state index in [9.17, 15) is 4.79 Å². The summed E-state index contributed by atoms with van der Waals surface area (Å²) >= 11 is 0. The highest BCUT2D eigenvalue weighted by atomic mass is 16.1. The van der Waals surface area contributed by atoms with Gasteiger partial charge in [-0.15, -0.1) is 0 Å².